The van der Waals surface area contributed by atoms with Crippen LogP contribution in [0.25, 0.3) is 0 Å². The molecule has 0 saturated heterocycles. The molecule has 0 spiro atoms. The monoisotopic (exact) mass is 365 g/mol. The highest BCUT2D eigenvalue weighted by atomic mass is 127. The molecule has 0 radical (unpaired) electrons. The lowest BCUT2D eigenvalue weighted by Crippen LogP contribution is -2.26. The van der Waals surface area contributed by atoms with Crippen molar-refractivity contribution in [1.29, 1.82) is 0 Å². The van der Waals surface area contributed by atoms with E-state index >= 15 is 0 Å². The standard InChI is InChI=1S/C12H20IN3O2/c1-10-15-9-11(13)12(17)16(10)7-4-3-5-14-6-8-18-2/h9,14H,3-8H2,1-2H3. The molecule has 0 aliphatic carbocycles. The molecule has 0 amide bonds. The van der Waals surface area contributed by atoms with Crippen molar-refractivity contribution in [3.05, 3.63) is 25.9 Å². The van der Waals surface area contributed by atoms with Crippen LogP contribution in [-0.2, 0) is 11.3 Å². The van der Waals surface area contributed by atoms with E-state index in [-0.39, 0.29) is 5.56 Å². The van der Waals surface area contributed by atoms with Gasteiger partial charge in [-0.15, -0.1) is 0 Å². The number of aromatic nitrogens is 2. The Balaban J connectivity index is 2.32. The van der Waals surface area contributed by atoms with Crippen LogP contribution in [0.4, 0.5) is 0 Å². The van der Waals surface area contributed by atoms with E-state index in [9.17, 15) is 4.79 Å². The van der Waals surface area contributed by atoms with Crippen LogP contribution in [0.3, 0.4) is 0 Å². The third-order valence-electron chi connectivity index (χ3n) is 2.67. The molecule has 0 atom stereocenters. The minimum atomic E-state index is 0.0652. The molecular formula is C12H20IN3O2. The number of ether oxygens (including phenoxy) is 1. The van der Waals surface area contributed by atoms with Gasteiger partial charge in [-0.2, -0.15) is 0 Å². The average Bonchev–Trinajstić information content (AvgIpc) is 2.36. The first kappa shape index (κ1) is 15.6. The number of hydrogen-bond donors (Lipinski definition) is 1. The second-order valence-electron chi connectivity index (χ2n) is 4.06. The number of nitrogens with one attached hydrogen (secondary N) is 1. The highest BCUT2D eigenvalue weighted by Gasteiger charge is 2.04. The van der Waals surface area contributed by atoms with Crippen LogP contribution in [-0.4, -0.2) is 36.4 Å². The molecule has 1 heterocycles. The van der Waals surface area contributed by atoms with Gasteiger partial charge in [0.15, 0.2) is 0 Å². The molecule has 0 bridgehead atoms. The summed E-state index contributed by atoms with van der Waals surface area (Å²) in [5.74, 6) is 0.785. The van der Waals surface area contributed by atoms with Crippen LogP contribution in [0, 0.1) is 10.5 Å². The Kier molecular flexibility index (Phi) is 7.45. The Morgan fingerprint density at radius 1 is 1.44 bits per heavy atom. The Morgan fingerprint density at radius 3 is 2.94 bits per heavy atom. The molecule has 0 aromatic carbocycles. The molecule has 0 unspecified atom stereocenters. The van der Waals surface area contributed by atoms with Gasteiger partial charge in [0.1, 0.15) is 5.82 Å². The van der Waals surface area contributed by atoms with Gasteiger partial charge in [-0.25, -0.2) is 4.98 Å². The summed E-state index contributed by atoms with van der Waals surface area (Å²) in [5, 5.41) is 3.28. The topological polar surface area (TPSA) is 56.1 Å². The van der Waals surface area contributed by atoms with Gasteiger partial charge < -0.3 is 10.1 Å². The van der Waals surface area contributed by atoms with Crippen molar-refractivity contribution in [2.24, 2.45) is 0 Å². The number of halogens is 1. The van der Waals surface area contributed by atoms with Crippen molar-refractivity contribution >= 4 is 22.6 Å². The van der Waals surface area contributed by atoms with E-state index in [2.05, 4.69) is 10.3 Å². The molecule has 0 fully saturated rings. The number of aryl methyl sites for hydroxylation is 1. The average molecular weight is 365 g/mol. The van der Waals surface area contributed by atoms with E-state index in [1.165, 1.54) is 0 Å². The maximum Gasteiger partial charge on any atom is 0.266 e. The third-order valence-corrected chi connectivity index (χ3v) is 3.41. The minimum absolute atomic E-state index is 0.0652. The molecule has 1 aromatic rings. The Labute approximate surface area is 121 Å². The summed E-state index contributed by atoms with van der Waals surface area (Å²) >= 11 is 2.03. The van der Waals surface area contributed by atoms with E-state index in [4.69, 9.17) is 4.74 Å². The van der Waals surface area contributed by atoms with E-state index in [1.807, 2.05) is 29.5 Å². The second kappa shape index (κ2) is 8.60. The van der Waals surface area contributed by atoms with Gasteiger partial charge in [0.05, 0.1) is 10.2 Å². The van der Waals surface area contributed by atoms with Crippen LogP contribution in [0.5, 0.6) is 0 Å². The number of methoxy groups -OCH3 is 1. The van der Waals surface area contributed by atoms with Gasteiger partial charge in [0.25, 0.3) is 5.56 Å². The number of unbranched alkanes of at least 4 members (excludes halogenated alkanes) is 1. The lowest BCUT2D eigenvalue weighted by atomic mass is 10.3. The van der Waals surface area contributed by atoms with Crippen LogP contribution < -0.4 is 10.9 Å². The Morgan fingerprint density at radius 2 is 2.22 bits per heavy atom. The molecule has 0 aliphatic rings. The van der Waals surface area contributed by atoms with Crippen molar-refractivity contribution in [3.8, 4) is 0 Å². The molecule has 18 heavy (non-hydrogen) atoms. The molecule has 1 rings (SSSR count). The fraction of sp³-hybridized carbons (Fsp3) is 0.667. The van der Waals surface area contributed by atoms with Gasteiger partial charge >= 0.3 is 0 Å². The highest BCUT2D eigenvalue weighted by Crippen LogP contribution is 1.99. The normalized spacial score (nSPS) is 10.8. The van der Waals surface area contributed by atoms with Gasteiger partial charge in [0.2, 0.25) is 0 Å². The van der Waals surface area contributed by atoms with E-state index in [1.54, 1.807) is 17.9 Å². The first-order valence-electron chi connectivity index (χ1n) is 6.08. The first-order valence-corrected chi connectivity index (χ1v) is 7.16. The lowest BCUT2D eigenvalue weighted by Gasteiger charge is -2.09. The van der Waals surface area contributed by atoms with Gasteiger partial charge in [-0.05, 0) is 48.9 Å². The zero-order valence-corrected chi connectivity index (χ0v) is 13.1. The van der Waals surface area contributed by atoms with E-state index in [0.717, 1.165) is 44.9 Å². The molecule has 1 N–H and O–H groups in total. The van der Waals surface area contributed by atoms with E-state index < -0.39 is 0 Å². The lowest BCUT2D eigenvalue weighted by molar-refractivity contribution is 0.199. The van der Waals surface area contributed by atoms with Crippen LogP contribution in [0.15, 0.2) is 11.0 Å². The quantitative estimate of drug-likeness (QED) is 0.555. The van der Waals surface area contributed by atoms with E-state index in [0.29, 0.717) is 3.57 Å². The molecule has 1 aromatic heterocycles. The van der Waals surface area contributed by atoms with Crippen molar-refractivity contribution < 1.29 is 4.74 Å². The Bertz CT molecular complexity index is 420. The summed E-state index contributed by atoms with van der Waals surface area (Å²) in [6.07, 6.45) is 3.64. The number of hydrogen-bond acceptors (Lipinski definition) is 4. The molecule has 0 saturated carbocycles. The van der Waals surface area contributed by atoms with Crippen molar-refractivity contribution in [3.63, 3.8) is 0 Å². The second-order valence-corrected chi connectivity index (χ2v) is 5.22. The molecule has 6 heteroatoms. The molecule has 5 nitrogen and oxygen atoms in total. The first-order chi connectivity index (χ1) is 8.66. The van der Waals surface area contributed by atoms with Crippen LogP contribution in [0.1, 0.15) is 18.7 Å². The smallest absolute Gasteiger partial charge is 0.266 e. The largest absolute Gasteiger partial charge is 0.383 e. The van der Waals surface area contributed by atoms with Gasteiger partial charge in [-0.3, -0.25) is 9.36 Å². The summed E-state index contributed by atoms with van der Waals surface area (Å²) in [7, 11) is 1.70. The zero-order chi connectivity index (χ0) is 13.4. The third kappa shape index (κ3) is 5.03. The van der Waals surface area contributed by atoms with Crippen molar-refractivity contribution in [2.75, 3.05) is 26.8 Å². The number of nitrogens with zero attached hydrogens (tertiary/aromatic N) is 2. The molecule has 0 aliphatic heterocycles. The highest BCUT2D eigenvalue weighted by molar-refractivity contribution is 14.1. The predicted molar refractivity (Wildman–Crippen MR) is 79.9 cm³/mol. The molecule has 102 valence electrons. The van der Waals surface area contributed by atoms with Crippen LogP contribution >= 0.6 is 22.6 Å². The molecular weight excluding hydrogens is 345 g/mol. The van der Waals surface area contributed by atoms with Crippen molar-refractivity contribution in [1.82, 2.24) is 14.9 Å². The zero-order valence-electron chi connectivity index (χ0n) is 10.9. The van der Waals surface area contributed by atoms with Crippen LogP contribution in [0.2, 0.25) is 0 Å². The Hall–Kier alpha value is -0.470. The summed E-state index contributed by atoms with van der Waals surface area (Å²) < 4.78 is 7.37. The maximum absolute atomic E-state index is 11.9. The van der Waals surface area contributed by atoms with Gasteiger partial charge in [-0.1, -0.05) is 0 Å². The fourth-order valence-electron chi connectivity index (χ4n) is 1.63. The summed E-state index contributed by atoms with van der Waals surface area (Å²) in [6.45, 7) is 5.17. The predicted octanol–water partition coefficient (Wildman–Crippen LogP) is 1.17. The maximum atomic E-state index is 11.9. The minimum Gasteiger partial charge on any atom is -0.383 e. The SMILES string of the molecule is COCCNCCCCn1c(C)ncc(I)c1=O. The van der Waals surface area contributed by atoms with Crippen molar-refractivity contribution in [2.45, 2.75) is 26.3 Å². The number of rotatable bonds is 8. The summed E-state index contributed by atoms with van der Waals surface area (Å²) in [4.78, 5) is 16.1. The van der Waals surface area contributed by atoms with Gasteiger partial charge in [0, 0.05) is 26.4 Å². The summed E-state index contributed by atoms with van der Waals surface area (Å²) in [6, 6.07) is 0. The fourth-order valence-corrected chi connectivity index (χ4v) is 2.06. The summed E-state index contributed by atoms with van der Waals surface area (Å²) in [5.41, 5.74) is 0.0652.